The first kappa shape index (κ1) is 19.8. The fourth-order valence-electron chi connectivity index (χ4n) is 1.52. The van der Waals surface area contributed by atoms with Gasteiger partial charge in [0.25, 0.3) is 0 Å². The molecule has 0 fully saturated rings. The summed E-state index contributed by atoms with van der Waals surface area (Å²) in [4.78, 5) is 11.6. The first-order chi connectivity index (χ1) is 9.40. The van der Waals surface area contributed by atoms with Crippen molar-refractivity contribution in [2.45, 2.75) is 32.9 Å². The van der Waals surface area contributed by atoms with Gasteiger partial charge < -0.3 is 15.4 Å². The van der Waals surface area contributed by atoms with Crippen LogP contribution in [0.3, 0.4) is 0 Å². The maximum Gasteiger partial charge on any atom is 0.507 e. The van der Waals surface area contributed by atoms with Crippen LogP contribution in [0.2, 0.25) is 0 Å². The van der Waals surface area contributed by atoms with Crippen molar-refractivity contribution in [1.82, 2.24) is 15.7 Å². The molecule has 0 amide bonds. The molecule has 6 nitrogen and oxygen atoms in total. The summed E-state index contributed by atoms with van der Waals surface area (Å²) in [7, 11) is 2.13. The van der Waals surface area contributed by atoms with E-state index in [-0.39, 0.29) is 12.1 Å². The van der Waals surface area contributed by atoms with E-state index >= 15 is 0 Å². The van der Waals surface area contributed by atoms with E-state index < -0.39 is 13.2 Å². The molecule has 8 heteroatoms. The van der Waals surface area contributed by atoms with Gasteiger partial charge in [-0.2, -0.15) is 0 Å². The Bertz CT molecular complexity index is 300. The SMILES string of the molecule is CNCC(CNC)CS[P+](=O)N[C@@H](C)C(=O)OC(C)C. The number of carbonyl (C=O) groups excluding carboxylic acids is 1. The molecule has 0 aromatic rings. The second-order valence-corrected chi connectivity index (χ2v) is 8.00. The van der Waals surface area contributed by atoms with Crippen LogP contribution in [0, 0.1) is 5.92 Å². The molecule has 0 bridgehead atoms. The monoisotopic (exact) mass is 324 g/mol. The van der Waals surface area contributed by atoms with Crippen LogP contribution in [0.25, 0.3) is 0 Å². The Labute approximate surface area is 126 Å². The maximum absolute atomic E-state index is 11.9. The summed E-state index contributed by atoms with van der Waals surface area (Å²) in [5.41, 5.74) is 0. The van der Waals surface area contributed by atoms with Crippen LogP contribution in [0.15, 0.2) is 0 Å². The molecule has 0 aromatic carbocycles. The van der Waals surface area contributed by atoms with Crippen LogP contribution in [0.1, 0.15) is 20.8 Å². The second kappa shape index (κ2) is 11.5. The third-order valence-electron chi connectivity index (χ3n) is 2.42. The fourth-order valence-corrected chi connectivity index (χ4v) is 4.34. The van der Waals surface area contributed by atoms with Crippen LogP contribution in [0.5, 0.6) is 0 Å². The normalized spacial score (nSPS) is 13.7. The van der Waals surface area contributed by atoms with Crippen LogP contribution < -0.4 is 15.7 Å². The molecule has 0 heterocycles. The summed E-state index contributed by atoms with van der Waals surface area (Å²) >= 11 is 1.34. The number of carbonyl (C=O) groups is 1. The highest BCUT2D eigenvalue weighted by atomic mass is 32.7. The molecule has 3 N–H and O–H groups in total. The molecular formula is C12H27N3O3PS+. The number of ether oxygens (including phenoxy) is 1. The maximum atomic E-state index is 11.9. The smallest absolute Gasteiger partial charge is 0.462 e. The van der Waals surface area contributed by atoms with Crippen molar-refractivity contribution >= 4 is 24.5 Å². The molecule has 2 atom stereocenters. The van der Waals surface area contributed by atoms with Gasteiger partial charge in [0.15, 0.2) is 0 Å². The van der Waals surface area contributed by atoms with E-state index in [0.29, 0.717) is 5.92 Å². The predicted octanol–water partition coefficient (Wildman–Crippen LogP) is 1.36. The van der Waals surface area contributed by atoms with Gasteiger partial charge >= 0.3 is 13.1 Å². The molecule has 0 saturated carbocycles. The Morgan fingerprint density at radius 3 is 2.20 bits per heavy atom. The summed E-state index contributed by atoms with van der Waals surface area (Å²) in [6.45, 7) is 6.97. The summed E-state index contributed by atoms with van der Waals surface area (Å²) in [5, 5.41) is 9.01. The van der Waals surface area contributed by atoms with Gasteiger partial charge in [-0.25, -0.2) is 0 Å². The van der Waals surface area contributed by atoms with Crippen molar-refractivity contribution in [2.24, 2.45) is 5.92 Å². The lowest BCUT2D eigenvalue weighted by Gasteiger charge is -2.13. The van der Waals surface area contributed by atoms with E-state index in [9.17, 15) is 9.36 Å². The molecule has 0 aromatic heterocycles. The van der Waals surface area contributed by atoms with Gasteiger partial charge in [-0.15, -0.1) is 0 Å². The number of nitrogens with one attached hydrogen (secondary N) is 3. The van der Waals surface area contributed by atoms with Crippen molar-refractivity contribution in [2.75, 3.05) is 32.9 Å². The zero-order valence-electron chi connectivity index (χ0n) is 12.9. The summed E-state index contributed by atoms with van der Waals surface area (Å²) in [6.07, 6.45) is -0.159. The van der Waals surface area contributed by atoms with Crippen molar-refractivity contribution in [3.05, 3.63) is 0 Å². The van der Waals surface area contributed by atoms with Crippen LogP contribution in [0.4, 0.5) is 0 Å². The van der Waals surface area contributed by atoms with Gasteiger partial charge in [0.05, 0.1) is 6.10 Å². The Morgan fingerprint density at radius 1 is 1.20 bits per heavy atom. The molecule has 0 aliphatic carbocycles. The summed E-state index contributed by atoms with van der Waals surface area (Å²) in [5.74, 6) is 0.787. The number of esters is 1. The molecule has 118 valence electrons. The zero-order valence-corrected chi connectivity index (χ0v) is 14.6. The van der Waals surface area contributed by atoms with Gasteiger partial charge in [0.2, 0.25) is 0 Å². The lowest BCUT2D eigenvalue weighted by molar-refractivity contribution is -0.148. The van der Waals surface area contributed by atoms with Crippen molar-refractivity contribution in [1.29, 1.82) is 0 Å². The Morgan fingerprint density at radius 2 is 1.75 bits per heavy atom. The lowest BCUT2D eigenvalue weighted by Crippen LogP contribution is -2.32. The molecule has 0 aliphatic heterocycles. The van der Waals surface area contributed by atoms with Gasteiger partial charge in [0, 0.05) is 5.75 Å². The average Bonchev–Trinajstić information content (AvgIpc) is 2.35. The van der Waals surface area contributed by atoms with Gasteiger partial charge in [-0.1, -0.05) is 5.09 Å². The van der Waals surface area contributed by atoms with E-state index in [1.165, 1.54) is 11.4 Å². The van der Waals surface area contributed by atoms with Crippen LogP contribution >= 0.6 is 18.5 Å². The molecule has 0 aliphatic rings. The summed E-state index contributed by atoms with van der Waals surface area (Å²) < 4.78 is 17.0. The Hall–Kier alpha value is -0.200. The minimum Gasteiger partial charge on any atom is -0.462 e. The van der Waals surface area contributed by atoms with Crippen LogP contribution in [-0.4, -0.2) is 51.1 Å². The number of hydrogen-bond donors (Lipinski definition) is 3. The van der Waals surface area contributed by atoms with Crippen molar-refractivity contribution in [3.63, 3.8) is 0 Å². The molecule has 20 heavy (non-hydrogen) atoms. The van der Waals surface area contributed by atoms with E-state index in [4.69, 9.17) is 4.74 Å². The molecule has 0 saturated heterocycles. The highest BCUT2D eigenvalue weighted by Gasteiger charge is 2.28. The predicted molar refractivity (Wildman–Crippen MR) is 85.2 cm³/mol. The third kappa shape index (κ3) is 9.66. The quantitative estimate of drug-likeness (QED) is 0.391. The molecule has 0 rings (SSSR count). The zero-order chi connectivity index (χ0) is 15.5. The first-order valence-electron chi connectivity index (χ1n) is 6.76. The van der Waals surface area contributed by atoms with E-state index in [1.54, 1.807) is 20.8 Å². The van der Waals surface area contributed by atoms with Gasteiger partial charge in [-0.05, 0) is 58.4 Å². The molecule has 1 unspecified atom stereocenters. The van der Waals surface area contributed by atoms with Gasteiger partial charge in [0.1, 0.15) is 17.4 Å². The fraction of sp³-hybridized carbons (Fsp3) is 0.917. The Balaban J connectivity index is 4.05. The van der Waals surface area contributed by atoms with Crippen molar-refractivity contribution < 1.29 is 14.1 Å². The molecule has 0 radical (unpaired) electrons. The minimum absolute atomic E-state index is 0.159. The van der Waals surface area contributed by atoms with E-state index in [0.717, 1.165) is 18.8 Å². The average molecular weight is 324 g/mol. The molecular weight excluding hydrogens is 297 g/mol. The first-order valence-corrected chi connectivity index (χ1v) is 9.61. The van der Waals surface area contributed by atoms with E-state index in [1.807, 2.05) is 14.1 Å². The second-order valence-electron chi connectivity index (χ2n) is 4.87. The van der Waals surface area contributed by atoms with Crippen molar-refractivity contribution in [3.8, 4) is 0 Å². The van der Waals surface area contributed by atoms with Crippen LogP contribution in [-0.2, 0) is 14.1 Å². The van der Waals surface area contributed by atoms with E-state index in [2.05, 4.69) is 15.7 Å². The van der Waals surface area contributed by atoms with Gasteiger partial charge in [-0.3, -0.25) is 4.79 Å². The number of hydrogen-bond acceptors (Lipinski definition) is 6. The Kier molecular flexibility index (Phi) is 11.3. The topological polar surface area (TPSA) is 79.5 Å². The largest absolute Gasteiger partial charge is 0.507 e. The summed E-state index contributed by atoms with van der Waals surface area (Å²) in [6, 6.07) is -0.555. The number of rotatable bonds is 11. The highest BCUT2D eigenvalue weighted by Crippen LogP contribution is 2.35. The highest BCUT2D eigenvalue weighted by molar-refractivity contribution is 8.51. The minimum atomic E-state index is -1.67. The molecule has 0 spiro atoms. The third-order valence-corrected chi connectivity index (χ3v) is 5.34. The standard InChI is InChI=1S/C12H27N3O3PS/c1-9(2)18-12(16)10(3)15-19(17)20-8-11(6-13-4)7-14-5/h9-11,13-14H,6-8H2,1-5H3,(H,15,17)/q+1/t10-/m0/s1. The lowest BCUT2D eigenvalue weighted by atomic mass is 10.2.